The smallest absolute Gasteiger partial charge is 0.231 e. The largest absolute Gasteiger partial charge is 0.329 e. The number of hydrogen-bond acceptors (Lipinski definition) is 2. The monoisotopic (exact) mass is 240 g/mol. The average molecular weight is 240 g/mol. The average Bonchev–Trinajstić information content (AvgIpc) is 3.20. The lowest BCUT2D eigenvalue weighted by molar-refractivity contribution is -0.120. The molecule has 1 saturated carbocycles. The van der Waals surface area contributed by atoms with Gasteiger partial charge in [-0.3, -0.25) is 4.79 Å². The van der Waals surface area contributed by atoms with Crippen LogP contribution < -0.4 is 11.1 Å². The van der Waals surface area contributed by atoms with Crippen molar-refractivity contribution in [2.45, 2.75) is 12.8 Å². The Kier molecular flexibility index (Phi) is 2.56. The Morgan fingerprint density at radius 2 is 1.89 bits per heavy atom. The highest BCUT2D eigenvalue weighted by Gasteiger charge is 2.48. The van der Waals surface area contributed by atoms with E-state index in [1.165, 1.54) is 0 Å². The van der Waals surface area contributed by atoms with Crippen LogP contribution in [0.2, 0.25) is 0 Å². The van der Waals surface area contributed by atoms with Gasteiger partial charge in [-0.25, -0.2) is 0 Å². The molecule has 3 N–H and O–H groups in total. The number of nitrogens with two attached hydrogens (primary N) is 1. The standard InChI is InChI=1S/C15H16N2O/c16-10-15(8-9-15)14(18)17-13-7-3-5-11-4-1-2-6-12(11)13/h1-7H,8-10,16H2,(H,17,18). The van der Waals surface area contributed by atoms with Gasteiger partial charge in [0.2, 0.25) is 5.91 Å². The molecular formula is C15H16N2O. The van der Waals surface area contributed by atoms with E-state index >= 15 is 0 Å². The molecule has 0 saturated heterocycles. The summed E-state index contributed by atoms with van der Waals surface area (Å²) in [4.78, 5) is 12.2. The minimum atomic E-state index is -0.309. The van der Waals surface area contributed by atoms with Gasteiger partial charge >= 0.3 is 0 Å². The van der Waals surface area contributed by atoms with Crippen LogP contribution in [0.5, 0.6) is 0 Å². The Labute approximate surface area is 106 Å². The number of nitrogens with one attached hydrogen (secondary N) is 1. The first-order chi connectivity index (χ1) is 8.75. The van der Waals surface area contributed by atoms with Gasteiger partial charge in [0.1, 0.15) is 0 Å². The van der Waals surface area contributed by atoms with Crippen molar-refractivity contribution in [2.24, 2.45) is 11.1 Å². The molecule has 2 aromatic carbocycles. The maximum absolute atomic E-state index is 12.2. The van der Waals surface area contributed by atoms with Gasteiger partial charge in [-0.05, 0) is 24.3 Å². The van der Waals surface area contributed by atoms with Crippen LogP contribution in [0.4, 0.5) is 5.69 Å². The number of rotatable bonds is 3. The predicted molar refractivity (Wildman–Crippen MR) is 73.3 cm³/mol. The third-order valence-electron chi connectivity index (χ3n) is 3.76. The molecule has 2 aromatic rings. The molecule has 92 valence electrons. The quantitative estimate of drug-likeness (QED) is 0.866. The molecule has 1 aliphatic rings. The number of amides is 1. The zero-order chi connectivity index (χ0) is 12.6. The van der Waals surface area contributed by atoms with Crippen LogP contribution in [0.15, 0.2) is 42.5 Å². The number of anilines is 1. The van der Waals surface area contributed by atoms with Crippen molar-refractivity contribution in [3.63, 3.8) is 0 Å². The Balaban J connectivity index is 1.93. The van der Waals surface area contributed by atoms with Crippen LogP contribution in [-0.4, -0.2) is 12.5 Å². The van der Waals surface area contributed by atoms with Gasteiger partial charge in [0.25, 0.3) is 0 Å². The van der Waals surface area contributed by atoms with E-state index in [2.05, 4.69) is 5.32 Å². The molecule has 3 heteroatoms. The van der Waals surface area contributed by atoms with E-state index in [4.69, 9.17) is 5.73 Å². The molecular weight excluding hydrogens is 224 g/mol. The number of benzene rings is 2. The zero-order valence-corrected chi connectivity index (χ0v) is 10.1. The highest BCUT2D eigenvalue weighted by molar-refractivity contribution is 6.04. The second-order valence-electron chi connectivity index (χ2n) is 4.97. The molecule has 0 radical (unpaired) electrons. The van der Waals surface area contributed by atoms with E-state index in [0.29, 0.717) is 6.54 Å². The van der Waals surface area contributed by atoms with Crippen molar-refractivity contribution in [3.8, 4) is 0 Å². The molecule has 1 amide bonds. The van der Waals surface area contributed by atoms with Crippen molar-refractivity contribution in [3.05, 3.63) is 42.5 Å². The topological polar surface area (TPSA) is 55.1 Å². The molecule has 0 atom stereocenters. The van der Waals surface area contributed by atoms with Gasteiger partial charge in [-0.1, -0.05) is 36.4 Å². The second-order valence-corrected chi connectivity index (χ2v) is 4.97. The Hall–Kier alpha value is -1.87. The summed E-state index contributed by atoms with van der Waals surface area (Å²) in [5.74, 6) is 0.0568. The van der Waals surface area contributed by atoms with Crippen LogP contribution in [0.3, 0.4) is 0 Å². The fourth-order valence-corrected chi connectivity index (χ4v) is 2.26. The van der Waals surface area contributed by atoms with Crippen LogP contribution >= 0.6 is 0 Å². The third-order valence-corrected chi connectivity index (χ3v) is 3.76. The molecule has 1 fully saturated rings. The molecule has 0 aromatic heterocycles. The SMILES string of the molecule is NCC1(C(=O)Nc2cccc3ccccc23)CC1. The summed E-state index contributed by atoms with van der Waals surface area (Å²) in [5.41, 5.74) is 6.24. The zero-order valence-electron chi connectivity index (χ0n) is 10.1. The summed E-state index contributed by atoms with van der Waals surface area (Å²) in [6, 6.07) is 14.0. The van der Waals surface area contributed by atoms with E-state index in [1.54, 1.807) is 0 Å². The number of carbonyl (C=O) groups is 1. The van der Waals surface area contributed by atoms with E-state index in [9.17, 15) is 4.79 Å². The van der Waals surface area contributed by atoms with Gasteiger partial charge in [0.15, 0.2) is 0 Å². The van der Waals surface area contributed by atoms with Crippen LogP contribution in [-0.2, 0) is 4.79 Å². The van der Waals surface area contributed by atoms with Crippen molar-refractivity contribution in [1.29, 1.82) is 0 Å². The van der Waals surface area contributed by atoms with Crippen LogP contribution in [0.25, 0.3) is 10.8 Å². The molecule has 0 unspecified atom stereocenters. The lowest BCUT2D eigenvalue weighted by Gasteiger charge is -2.14. The second kappa shape index (κ2) is 4.10. The summed E-state index contributed by atoms with van der Waals surface area (Å²) in [7, 11) is 0. The molecule has 0 bridgehead atoms. The molecule has 18 heavy (non-hydrogen) atoms. The van der Waals surface area contributed by atoms with Gasteiger partial charge in [0, 0.05) is 17.6 Å². The summed E-state index contributed by atoms with van der Waals surface area (Å²) >= 11 is 0. The van der Waals surface area contributed by atoms with Crippen molar-refractivity contribution in [2.75, 3.05) is 11.9 Å². The molecule has 3 nitrogen and oxygen atoms in total. The highest BCUT2D eigenvalue weighted by Crippen LogP contribution is 2.45. The molecule has 0 aliphatic heterocycles. The lowest BCUT2D eigenvalue weighted by Crippen LogP contribution is -2.30. The van der Waals surface area contributed by atoms with E-state index < -0.39 is 0 Å². The maximum atomic E-state index is 12.2. The Bertz CT molecular complexity index is 597. The minimum absolute atomic E-state index is 0.0568. The van der Waals surface area contributed by atoms with E-state index in [1.807, 2.05) is 42.5 Å². The third kappa shape index (κ3) is 1.77. The van der Waals surface area contributed by atoms with Crippen LogP contribution in [0, 0.1) is 5.41 Å². The van der Waals surface area contributed by atoms with Crippen LogP contribution in [0.1, 0.15) is 12.8 Å². The molecule has 3 rings (SSSR count). The normalized spacial score (nSPS) is 16.5. The van der Waals surface area contributed by atoms with Gasteiger partial charge in [-0.15, -0.1) is 0 Å². The fourth-order valence-electron chi connectivity index (χ4n) is 2.26. The highest BCUT2D eigenvalue weighted by atomic mass is 16.2. The Morgan fingerprint density at radius 1 is 1.17 bits per heavy atom. The van der Waals surface area contributed by atoms with Crippen molar-refractivity contribution >= 4 is 22.4 Å². The van der Waals surface area contributed by atoms with Gasteiger partial charge in [-0.2, -0.15) is 0 Å². The maximum Gasteiger partial charge on any atom is 0.231 e. The van der Waals surface area contributed by atoms with E-state index in [-0.39, 0.29) is 11.3 Å². The molecule has 1 aliphatic carbocycles. The summed E-state index contributed by atoms with van der Waals surface area (Å²) in [6.45, 7) is 0.434. The number of carbonyl (C=O) groups excluding carboxylic acids is 1. The lowest BCUT2D eigenvalue weighted by atomic mass is 10.1. The van der Waals surface area contributed by atoms with E-state index in [0.717, 1.165) is 29.3 Å². The number of hydrogen-bond donors (Lipinski definition) is 2. The predicted octanol–water partition coefficient (Wildman–Crippen LogP) is 2.52. The minimum Gasteiger partial charge on any atom is -0.329 e. The first-order valence-corrected chi connectivity index (χ1v) is 6.24. The fraction of sp³-hybridized carbons (Fsp3) is 0.267. The summed E-state index contributed by atoms with van der Waals surface area (Å²) < 4.78 is 0. The van der Waals surface area contributed by atoms with Crippen molar-refractivity contribution < 1.29 is 4.79 Å². The molecule has 0 heterocycles. The van der Waals surface area contributed by atoms with Gasteiger partial charge < -0.3 is 11.1 Å². The van der Waals surface area contributed by atoms with Gasteiger partial charge in [0.05, 0.1) is 5.41 Å². The first kappa shape index (κ1) is 11.2. The first-order valence-electron chi connectivity index (χ1n) is 6.24. The number of fused-ring (bicyclic) bond motifs is 1. The summed E-state index contributed by atoms with van der Waals surface area (Å²) in [6.07, 6.45) is 1.81. The molecule has 0 spiro atoms. The van der Waals surface area contributed by atoms with Crippen molar-refractivity contribution in [1.82, 2.24) is 0 Å². The summed E-state index contributed by atoms with van der Waals surface area (Å²) in [5, 5.41) is 5.22. The Morgan fingerprint density at radius 3 is 2.61 bits per heavy atom.